The van der Waals surface area contributed by atoms with Crippen molar-refractivity contribution in [2.45, 2.75) is 11.3 Å². The fourth-order valence-corrected chi connectivity index (χ4v) is 3.57. The van der Waals surface area contributed by atoms with Crippen molar-refractivity contribution in [3.8, 4) is 11.5 Å². The average Bonchev–Trinajstić information content (AvgIpc) is 2.54. The Morgan fingerprint density at radius 3 is 2.52 bits per heavy atom. The average molecular weight is 332 g/mol. The van der Waals surface area contributed by atoms with Gasteiger partial charge in [-0.25, -0.2) is 0 Å². The van der Waals surface area contributed by atoms with Crippen molar-refractivity contribution in [1.29, 1.82) is 0 Å². The summed E-state index contributed by atoms with van der Waals surface area (Å²) in [6.45, 7) is 0. The van der Waals surface area contributed by atoms with Gasteiger partial charge in [-0.3, -0.25) is 0 Å². The monoisotopic (exact) mass is 332 g/mol. The topological polar surface area (TPSA) is 77.0 Å². The van der Waals surface area contributed by atoms with Gasteiger partial charge in [0.15, 0.2) is 11.5 Å². The molecular formula is C16H16N2O4S. The van der Waals surface area contributed by atoms with E-state index in [1.165, 1.54) is 6.07 Å². The van der Waals surface area contributed by atoms with Crippen molar-refractivity contribution in [3.63, 3.8) is 0 Å². The van der Waals surface area contributed by atoms with Gasteiger partial charge in [0.25, 0.3) is 10.0 Å². The highest BCUT2D eigenvalue weighted by Crippen LogP contribution is 2.30. The quantitative estimate of drug-likeness (QED) is 0.930. The zero-order valence-electron chi connectivity index (χ0n) is 12.7. The summed E-state index contributed by atoms with van der Waals surface area (Å²) in [4.78, 5) is 0.191. The Morgan fingerprint density at radius 2 is 1.78 bits per heavy atom. The molecule has 1 aliphatic rings. The molecule has 0 aromatic heterocycles. The summed E-state index contributed by atoms with van der Waals surface area (Å²) in [5.74, 6) is 1.58. The molecule has 0 aliphatic carbocycles. The van der Waals surface area contributed by atoms with Gasteiger partial charge in [-0.15, -0.1) is 4.40 Å². The molecule has 0 bridgehead atoms. The lowest BCUT2D eigenvalue weighted by Gasteiger charge is -2.18. The Balaban J connectivity index is 1.92. The van der Waals surface area contributed by atoms with Crippen molar-refractivity contribution in [1.82, 2.24) is 0 Å². The zero-order chi connectivity index (χ0) is 16.4. The van der Waals surface area contributed by atoms with Crippen LogP contribution in [-0.2, 0) is 16.4 Å². The van der Waals surface area contributed by atoms with Gasteiger partial charge in [-0.05, 0) is 29.8 Å². The number of amidine groups is 1. The first kappa shape index (κ1) is 15.4. The number of anilines is 1. The number of benzene rings is 2. The highest BCUT2D eigenvalue weighted by Gasteiger charge is 2.24. The molecule has 6 nitrogen and oxygen atoms in total. The van der Waals surface area contributed by atoms with Gasteiger partial charge in [0.2, 0.25) is 0 Å². The molecule has 0 amide bonds. The summed E-state index contributed by atoms with van der Waals surface area (Å²) in [5, 5.41) is 3.07. The van der Waals surface area contributed by atoms with Crippen LogP contribution in [0.25, 0.3) is 0 Å². The molecule has 0 fully saturated rings. The Kier molecular flexibility index (Phi) is 3.96. The number of ether oxygens (including phenoxy) is 2. The lowest BCUT2D eigenvalue weighted by Crippen LogP contribution is -2.23. The van der Waals surface area contributed by atoms with Gasteiger partial charge in [-0.2, -0.15) is 8.42 Å². The lowest BCUT2D eigenvalue weighted by atomic mass is 10.1. The number of para-hydroxylation sites is 1. The molecule has 1 aliphatic heterocycles. The summed E-state index contributed by atoms with van der Waals surface area (Å²) in [7, 11) is -0.553. The molecule has 23 heavy (non-hydrogen) atoms. The van der Waals surface area contributed by atoms with E-state index in [1.807, 2.05) is 6.07 Å². The number of methoxy groups -OCH3 is 2. The molecule has 3 rings (SSSR count). The van der Waals surface area contributed by atoms with Gasteiger partial charge in [0.05, 0.1) is 19.9 Å². The van der Waals surface area contributed by atoms with E-state index in [1.54, 1.807) is 44.6 Å². The van der Waals surface area contributed by atoms with Crippen molar-refractivity contribution in [2.24, 2.45) is 4.40 Å². The minimum atomic E-state index is -3.67. The van der Waals surface area contributed by atoms with E-state index in [-0.39, 0.29) is 4.90 Å². The molecule has 120 valence electrons. The van der Waals surface area contributed by atoms with Crippen LogP contribution in [-0.4, -0.2) is 28.5 Å². The van der Waals surface area contributed by atoms with E-state index in [0.717, 1.165) is 5.56 Å². The van der Waals surface area contributed by atoms with Crippen LogP contribution in [0.3, 0.4) is 0 Å². The maximum Gasteiger partial charge on any atom is 0.286 e. The van der Waals surface area contributed by atoms with E-state index in [4.69, 9.17) is 9.47 Å². The normalized spacial score (nSPS) is 15.1. The zero-order valence-corrected chi connectivity index (χ0v) is 13.6. The molecule has 1 heterocycles. The number of rotatable bonds is 4. The van der Waals surface area contributed by atoms with Crippen LogP contribution in [0.4, 0.5) is 5.69 Å². The summed E-state index contributed by atoms with van der Waals surface area (Å²) in [5.41, 5.74) is 1.40. The van der Waals surface area contributed by atoms with Gasteiger partial charge < -0.3 is 14.8 Å². The Hall–Kier alpha value is -2.54. The second kappa shape index (κ2) is 5.92. The standard InChI is InChI=1S/C16H16N2O4S/c1-21-13-8-7-11(9-14(13)22-2)10-16-17-12-5-3-4-6-15(12)23(19,20)18-16/h3-9H,10H2,1-2H3,(H,17,18). The molecule has 1 N–H and O–H groups in total. The van der Waals surface area contributed by atoms with E-state index in [9.17, 15) is 8.42 Å². The first-order valence-corrected chi connectivity index (χ1v) is 8.38. The van der Waals surface area contributed by atoms with Crippen molar-refractivity contribution in [2.75, 3.05) is 19.5 Å². The molecule has 0 unspecified atom stereocenters. The van der Waals surface area contributed by atoms with E-state index in [0.29, 0.717) is 29.4 Å². The van der Waals surface area contributed by atoms with E-state index >= 15 is 0 Å². The van der Waals surface area contributed by atoms with E-state index in [2.05, 4.69) is 9.71 Å². The minimum Gasteiger partial charge on any atom is -0.493 e. The Bertz CT molecular complexity index is 875. The maximum absolute atomic E-state index is 12.2. The largest absolute Gasteiger partial charge is 0.493 e. The predicted molar refractivity (Wildman–Crippen MR) is 87.9 cm³/mol. The van der Waals surface area contributed by atoms with Crippen molar-refractivity contribution in [3.05, 3.63) is 48.0 Å². The van der Waals surface area contributed by atoms with E-state index < -0.39 is 10.0 Å². The van der Waals surface area contributed by atoms with Gasteiger partial charge in [0, 0.05) is 6.42 Å². The summed E-state index contributed by atoms with van der Waals surface area (Å²) >= 11 is 0. The number of hydrogen-bond donors (Lipinski definition) is 1. The summed E-state index contributed by atoms with van der Waals surface area (Å²) in [6.07, 6.45) is 0.341. The van der Waals surface area contributed by atoms with Crippen LogP contribution >= 0.6 is 0 Å². The summed E-state index contributed by atoms with van der Waals surface area (Å²) < 4.78 is 38.8. The second-order valence-electron chi connectivity index (χ2n) is 5.00. The van der Waals surface area contributed by atoms with Crippen LogP contribution in [0.5, 0.6) is 11.5 Å². The molecule has 0 saturated carbocycles. The van der Waals surface area contributed by atoms with Gasteiger partial charge in [-0.1, -0.05) is 18.2 Å². The highest BCUT2D eigenvalue weighted by molar-refractivity contribution is 7.90. The lowest BCUT2D eigenvalue weighted by molar-refractivity contribution is 0.354. The third kappa shape index (κ3) is 3.00. The number of nitrogens with one attached hydrogen (secondary N) is 1. The Morgan fingerprint density at radius 1 is 1.04 bits per heavy atom. The van der Waals surface area contributed by atoms with Crippen LogP contribution in [0, 0.1) is 0 Å². The molecule has 2 aromatic carbocycles. The fraction of sp³-hybridized carbons (Fsp3) is 0.188. The molecule has 7 heteroatoms. The predicted octanol–water partition coefficient (Wildman–Crippen LogP) is 2.46. The number of hydrogen-bond acceptors (Lipinski definition) is 5. The third-order valence-electron chi connectivity index (χ3n) is 3.49. The Labute approximate surface area is 134 Å². The van der Waals surface area contributed by atoms with Crippen LogP contribution in [0.15, 0.2) is 51.8 Å². The van der Waals surface area contributed by atoms with Crippen molar-refractivity contribution >= 4 is 21.5 Å². The van der Waals surface area contributed by atoms with Crippen LogP contribution in [0.1, 0.15) is 5.56 Å². The molecule has 0 spiro atoms. The molecule has 2 aromatic rings. The molecule has 0 atom stereocenters. The van der Waals surface area contributed by atoms with Gasteiger partial charge in [0.1, 0.15) is 10.7 Å². The molecular weight excluding hydrogens is 316 g/mol. The maximum atomic E-state index is 12.2. The molecule has 0 saturated heterocycles. The number of nitrogens with zero attached hydrogens (tertiary/aromatic N) is 1. The van der Waals surface area contributed by atoms with Crippen molar-refractivity contribution < 1.29 is 17.9 Å². The first-order chi connectivity index (χ1) is 11.0. The molecule has 0 radical (unpaired) electrons. The SMILES string of the molecule is COc1ccc(CC2=NS(=O)(=O)c3ccccc3N2)cc1OC. The van der Waals surface area contributed by atoms with Gasteiger partial charge >= 0.3 is 0 Å². The highest BCUT2D eigenvalue weighted by atomic mass is 32.2. The second-order valence-corrected chi connectivity index (χ2v) is 6.57. The number of fused-ring (bicyclic) bond motifs is 1. The van der Waals surface area contributed by atoms with Crippen LogP contribution < -0.4 is 14.8 Å². The minimum absolute atomic E-state index is 0.191. The fourth-order valence-electron chi connectivity index (χ4n) is 2.43. The smallest absolute Gasteiger partial charge is 0.286 e. The third-order valence-corrected chi connectivity index (χ3v) is 4.87. The summed E-state index contributed by atoms with van der Waals surface area (Å²) in [6, 6.07) is 12.1. The number of sulfonamides is 1. The first-order valence-electron chi connectivity index (χ1n) is 6.94. The van der Waals surface area contributed by atoms with Crippen LogP contribution in [0.2, 0.25) is 0 Å².